The van der Waals surface area contributed by atoms with Crippen molar-refractivity contribution in [3.05, 3.63) is 89.2 Å². The smallest absolute Gasteiger partial charge is 0.180 e. The summed E-state index contributed by atoms with van der Waals surface area (Å²) >= 11 is 0. The summed E-state index contributed by atoms with van der Waals surface area (Å²) in [5.74, 6) is 0.612. The zero-order valence-electron chi connectivity index (χ0n) is 18.8. The summed E-state index contributed by atoms with van der Waals surface area (Å²) in [7, 11) is -1.42. The summed E-state index contributed by atoms with van der Waals surface area (Å²) in [6, 6.07) is 19.8. The second-order valence-electron chi connectivity index (χ2n) is 9.41. The third kappa shape index (κ3) is 4.41. The fourth-order valence-corrected chi connectivity index (χ4v) is 6.68. The highest BCUT2D eigenvalue weighted by molar-refractivity contribution is 7.91. The van der Waals surface area contributed by atoms with E-state index in [1.165, 1.54) is 42.6 Å². The molecule has 2 heterocycles. The highest BCUT2D eigenvalue weighted by Crippen LogP contribution is 2.39. The molecule has 0 spiro atoms. The van der Waals surface area contributed by atoms with E-state index in [1.807, 2.05) is 7.05 Å². The quantitative estimate of drug-likeness (QED) is 0.538. The van der Waals surface area contributed by atoms with Crippen LogP contribution in [-0.4, -0.2) is 42.8 Å². The van der Waals surface area contributed by atoms with Gasteiger partial charge in [-0.25, -0.2) is 8.42 Å². The van der Waals surface area contributed by atoms with E-state index in [2.05, 4.69) is 53.4 Å². The number of hydrogen-bond donors (Lipinski definition) is 0. The summed E-state index contributed by atoms with van der Waals surface area (Å²) < 4.78 is 27.3. The van der Waals surface area contributed by atoms with E-state index in [1.54, 1.807) is 23.0 Å². The van der Waals surface area contributed by atoms with E-state index < -0.39 is 9.84 Å². The standard InChI is InChI=1S/C27H32N2O2S/c1-28-16-12-24(20-28)32(30,31)17-13-22-8-9-23-10-11-27(29-14-5-15-29)26(25(23)18-22)19-21-6-3-2-4-7-21/h2-4,6-9,12,16,18,20,26-27H,5,10-11,13-15,17,19H2,1H3. The Morgan fingerprint density at radius 2 is 1.81 bits per heavy atom. The Hall–Kier alpha value is -2.37. The first-order valence-corrected chi connectivity index (χ1v) is 13.4. The number of hydrogen-bond acceptors (Lipinski definition) is 3. The summed E-state index contributed by atoms with van der Waals surface area (Å²) in [4.78, 5) is 3.07. The van der Waals surface area contributed by atoms with Crippen LogP contribution in [0, 0.1) is 0 Å². The summed E-state index contributed by atoms with van der Waals surface area (Å²) in [5.41, 5.74) is 5.39. The summed E-state index contributed by atoms with van der Waals surface area (Å²) in [6.07, 6.45) is 8.71. The van der Waals surface area contributed by atoms with Gasteiger partial charge >= 0.3 is 0 Å². The van der Waals surface area contributed by atoms with Crippen molar-refractivity contribution >= 4 is 9.84 Å². The zero-order chi connectivity index (χ0) is 22.1. The van der Waals surface area contributed by atoms with Crippen molar-refractivity contribution in [2.24, 2.45) is 7.05 Å². The number of likely N-dealkylation sites (tertiary alicyclic amines) is 1. The molecule has 2 aromatic carbocycles. The van der Waals surface area contributed by atoms with Gasteiger partial charge in [-0.3, -0.25) is 4.90 Å². The Morgan fingerprint density at radius 1 is 1.00 bits per heavy atom. The maximum Gasteiger partial charge on any atom is 0.180 e. The topological polar surface area (TPSA) is 42.3 Å². The minimum Gasteiger partial charge on any atom is -0.356 e. The van der Waals surface area contributed by atoms with Crippen LogP contribution in [0.25, 0.3) is 0 Å². The molecule has 3 aromatic rings. The molecule has 2 aliphatic rings. The molecular formula is C27H32N2O2S. The van der Waals surface area contributed by atoms with E-state index in [0.29, 0.717) is 23.3 Å². The van der Waals surface area contributed by atoms with E-state index in [9.17, 15) is 8.42 Å². The van der Waals surface area contributed by atoms with E-state index in [-0.39, 0.29) is 5.75 Å². The van der Waals surface area contributed by atoms with Gasteiger partial charge in [0.05, 0.1) is 10.6 Å². The molecule has 1 aliphatic heterocycles. The van der Waals surface area contributed by atoms with Crippen LogP contribution in [0.15, 0.2) is 71.9 Å². The average molecular weight is 449 g/mol. The molecule has 1 aromatic heterocycles. The Labute approximate surface area is 191 Å². The fourth-order valence-electron chi connectivity index (χ4n) is 5.34. The molecule has 5 rings (SSSR count). The zero-order valence-corrected chi connectivity index (χ0v) is 19.6. The molecule has 0 N–H and O–H groups in total. The van der Waals surface area contributed by atoms with E-state index in [4.69, 9.17) is 0 Å². The number of fused-ring (bicyclic) bond motifs is 1. The molecule has 1 fully saturated rings. The van der Waals surface area contributed by atoms with Crippen molar-refractivity contribution in [2.45, 2.75) is 49.0 Å². The van der Waals surface area contributed by atoms with Crippen molar-refractivity contribution in [1.82, 2.24) is 9.47 Å². The molecule has 0 amide bonds. The van der Waals surface area contributed by atoms with Crippen LogP contribution in [-0.2, 0) is 36.1 Å². The number of sulfone groups is 1. The summed E-state index contributed by atoms with van der Waals surface area (Å²) in [6.45, 7) is 2.42. The van der Waals surface area contributed by atoms with Crippen LogP contribution in [0.4, 0.5) is 0 Å². The summed E-state index contributed by atoms with van der Waals surface area (Å²) in [5, 5.41) is 0. The lowest BCUT2D eigenvalue weighted by Gasteiger charge is -2.45. The van der Waals surface area contributed by atoms with Gasteiger partial charge in [-0.15, -0.1) is 0 Å². The van der Waals surface area contributed by atoms with Crippen LogP contribution in [0.1, 0.15) is 41.0 Å². The van der Waals surface area contributed by atoms with Gasteiger partial charge in [0.2, 0.25) is 0 Å². The SMILES string of the molecule is Cn1ccc(S(=O)(=O)CCc2ccc3c(c2)C(Cc2ccccc2)C(N2CCC2)CC3)c1. The lowest BCUT2D eigenvalue weighted by atomic mass is 9.74. The van der Waals surface area contributed by atoms with Crippen LogP contribution in [0.5, 0.6) is 0 Å². The molecule has 4 nitrogen and oxygen atoms in total. The Bertz CT molecular complexity index is 1180. The highest BCUT2D eigenvalue weighted by atomic mass is 32.2. The van der Waals surface area contributed by atoms with Crippen LogP contribution in [0.2, 0.25) is 0 Å². The maximum atomic E-state index is 12.8. The molecule has 5 heteroatoms. The maximum absolute atomic E-state index is 12.8. The van der Waals surface area contributed by atoms with Crippen LogP contribution < -0.4 is 0 Å². The monoisotopic (exact) mass is 448 g/mol. The number of aromatic nitrogens is 1. The van der Waals surface area contributed by atoms with Gasteiger partial charge in [0, 0.05) is 31.4 Å². The van der Waals surface area contributed by atoms with E-state index >= 15 is 0 Å². The van der Waals surface area contributed by atoms with Crippen molar-refractivity contribution in [3.8, 4) is 0 Å². The molecule has 32 heavy (non-hydrogen) atoms. The second kappa shape index (κ2) is 8.87. The van der Waals surface area contributed by atoms with Crippen LogP contribution in [0.3, 0.4) is 0 Å². The van der Waals surface area contributed by atoms with Crippen LogP contribution >= 0.6 is 0 Å². The third-order valence-electron chi connectivity index (χ3n) is 7.27. The Morgan fingerprint density at radius 3 is 2.50 bits per heavy atom. The first kappa shape index (κ1) is 21.5. The van der Waals surface area contributed by atoms with Gasteiger partial charge in [0.15, 0.2) is 9.84 Å². The van der Waals surface area contributed by atoms with Gasteiger partial charge < -0.3 is 4.57 Å². The Balaban J connectivity index is 1.40. The Kier molecular flexibility index (Phi) is 5.95. The molecule has 0 radical (unpaired) electrons. The first-order valence-electron chi connectivity index (χ1n) is 11.7. The highest BCUT2D eigenvalue weighted by Gasteiger charge is 2.35. The van der Waals surface area contributed by atoms with E-state index in [0.717, 1.165) is 18.4 Å². The predicted molar refractivity (Wildman–Crippen MR) is 129 cm³/mol. The van der Waals surface area contributed by atoms with Gasteiger partial charge in [-0.1, -0.05) is 48.5 Å². The first-order chi connectivity index (χ1) is 15.5. The molecule has 1 aliphatic carbocycles. The van der Waals surface area contributed by atoms with Crippen molar-refractivity contribution in [1.29, 1.82) is 0 Å². The molecule has 1 saturated heterocycles. The lowest BCUT2D eigenvalue weighted by molar-refractivity contribution is 0.0877. The third-order valence-corrected chi connectivity index (χ3v) is 8.97. The molecule has 168 valence electrons. The predicted octanol–water partition coefficient (Wildman–Crippen LogP) is 4.39. The van der Waals surface area contributed by atoms with Crippen molar-refractivity contribution < 1.29 is 8.42 Å². The fraction of sp³-hybridized carbons (Fsp3) is 0.407. The molecule has 0 bridgehead atoms. The van der Waals surface area contributed by atoms with Gasteiger partial charge in [-0.2, -0.15) is 0 Å². The molecular weight excluding hydrogens is 416 g/mol. The van der Waals surface area contributed by atoms with Crippen molar-refractivity contribution in [2.75, 3.05) is 18.8 Å². The number of nitrogens with zero attached hydrogens (tertiary/aromatic N) is 2. The van der Waals surface area contributed by atoms with Crippen molar-refractivity contribution in [3.63, 3.8) is 0 Å². The number of benzene rings is 2. The average Bonchev–Trinajstić information content (AvgIpc) is 3.21. The van der Waals surface area contributed by atoms with Gasteiger partial charge in [0.1, 0.15) is 0 Å². The molecule has 0 saturated carbocycles. The largest absolute Gasteiger partial charge is 0.356 e. The molecule has 2 atom stereocenters. The van der Waals surface area contributed by atoms with Gasteiger partial charge in [-0.05, 0) is 73.5 Å². The minimum absolute atomic E-state index is 0.148. The second-order valence-corrected chi connectivity index (χ2v) is 11.5. The minimum atomic E-state index is -3.27. The van der Waals surface area contributed by atoms with Gasteiger partial charge in [0.25, 0.3) is 0 Å². The normalized spacial score (nSPS) is 21.2. The number of aryl methyl sites for hydroxylation is 3. The lowest BCUT2D eigenvalue weighted by Crippen LogP contribution is -2.49. The number of rotatable bonds is 7. The molecule has 2 unspecified atom stereocenters.